The van der Waals surface area contributed by atoms with Gasteiger partial charge in [-0.3, -0.25) is 4.98 Å². The molecular weight excluding hydrogens is 315 g/mol. The lowest BCUT2D eigenvalue weighted by Crippen LogP contribution is -2.04. The molecule has 106 valence electrons. The minimum atomic E-state index is 0.469. The summed E-state index contributed by atoms with van der Waals surface area (Å²) in [7, 11) is 1.91. The van der Waals surface area contributed by atoms with Gasteiger partial charge in [-0.15, -0.1) is 0 Å². The van der Waals surface area contributed by atoms with Crippen LogP contribution in [-0.4, -0.2) is 12.0 Å². The predicted molar refractivity (Wildman–Crippen MR) is 87.6 cm³/mol. The van der Waals surface area contributed by atoms with E-state index < -0.39 is 0 Å². The molecule has 2 aromatic rings. The van der Waals surface area contributed by atoms with E-state index in [1.165, 1.54) is 24.8 Å². The molecular formula is C15H15Cl3N2. The Hall–Kier alpha value is -0.700. The first-order valence-corrected chi connectivity index (χ1v) is 7.93. The van der Waals surface area contributed by atoms with Crippen molar-refractivity contribution in [2.75, 3.05) is 12.4 Å². The van der Waals surface area contributed by atoms with E-state index in [9.17, 15) is 0 Å². The van der Waals surface area contributed by atoms with Crippen molar-refractivity contribution in [1.82, 2.24) is 4.98 Å². The van der Waals surface area contributed by atoms with E-state index in [0.717, 1.165) is 35.1 Å². The molecule has 3 rings (SSSR count). The Morgan fingerprint density at radius 3 is 2.55 bits per heavy atom. The van der Waals surface area contributed by atoms with Gasteiger partial charge in [-0.1, -0.05) is 41.2 Å². The Balaban J connectivity index is 2.43. The topological polar surface area (TPSA) is 24.9 Å². The van der Waals surface area contributed by atoms with Gasteiger partial charge < -0.3 is 5.32 Å². The van der Waals surface area contributed by atoms with E-state index in [1.54, 1.807) is 6.07 Å². The van der Waals surface area contributed by atoms with Crippen LogP contribution in [0.1, 0.15) is 30.5 Å². The summed E-state index contributed by atoms with van der Waals surface area (Å²) in [5, 5.41) is 5.66. The van der Waals surface area contributed by atoms with Crippen molar-refractivity contribution in [2.24, 2.45) is 0 Å². The lowest BCUT2D eigenvalue weighted by Gasteiger charge is -2.17. The van der Waals surface area contributed by atoms with Gasteiger partial charge in [0.25, 0.3) is 0 Å². The number of hydrogen-bond donors (Lipinski definition) is 1. The monoisotopic (exact) mass is 328 g/mol. The minimum Gasteiger partial charge on any atom is -0.387 e. The van der Waals surface area contributed by atoms with E-state index in [0.29, 0.717) is 15.1 Å². The summed E-state index contributed by atoms with van der Waals surface area (Å²) in [6, 6.07) is 1.67. The average Bonchev–Trinajstić information content (AvgIpc) is 2.67. The highest BCUT2D eigenvalue weighted by atomic mass is 35.5. The fraction of sp³-hybridized carbons (Fsp3) is 0.400. The molecule has 0 amide bonds. The second-order valence-corrected chi connectivity index (χ2v) is 6.29. The van der Waals surface area contributed by atoms with E-state index in [4.69, 9.17) is 39.8 Å². The number of hydrogen-bond acceptors (Lipinski definition) is 2. The molecule has 0 bridgehead atoms. The van der Waals surface area contributed by atoms with Crippen molar-refractivity contribution in [3.05, 3.63) is 32.4 Å². The zero-order valence-electron chi connectivity index (χ0n) is 11.2. The largest absolute Gasteiger partial charge is 0.387 e. The van der Waals surface area contributed by atoms with Crippen LogP contribution in [0.25, 0.3) is 10.9 Å². The summed E-state index contributed by atoms with van der Waals surface area (Å²) in [6.45, 7) is 0. The second-order valence-electron chi connectivity index (χ2n) is 5.10. The molecule has 2 nitrogen and oxygen atoms in total. The maximum atomic E-state index is 6.39. The number of rotatable bonds is 1. The van der Waals surface area contributed by atoms with Crippen LogP contribution in [0.15, 0.2) is 6.07 Å². The summed E-state index contributed by atoms with van der Waals surface area (Å²) in [5.74, 6) is 0. The van der Waals surface area contributed by atoms with Crippen LogP contribution < -0.4 is 5.32 Å². The lowest BCUT2D eigenvalue weighted by atomic mass is 10.0. The van der Waals surface area contributed by atoms with Gasteiger partial charge >= 0.3 is 0 Å². The Morgan fingerprint density at radius 2 is 1.80 bits per heavy atom. The molecule has 0 saturated heterocycles. The number of pyridine rings is 1. The molecule has 1 N–H and O–H groups in total. The highest BCUT2D eigenvalue weighted by Gasteiger charge is 2.21. The van der Waals surface area contributed by atoms with Gasteiger partial charge in [0.2, 0.25) is 0 Å². The van der Waals surface area contributed by atoms with Crippen LogP contribution >= 0.6 is 34.8 Å². The third-order valence-corrected chi connectivity index (χ3v) is 4.96. The summed E-state index contributed by atoms with van der Waals surface area (Å²) >= 11 is 18.9. The van der Waals surface area contributed by atoms with Crippen LogP contribution in [0.4, 0.5) is 5.69 Å². The summed E-state index contributed by atoms with van der Waals surface area (Å²) in [4.78, 5) is 4.77. The summed E-state index contributed by atoms with van der Waals surface area (Å²) in [6.07, 6.45) is 5.61. The van der Waals surface area contributed by atoms with Crippen LogP contribution in [0, 0.1) is 0 Å². The lowest BCUT2D eigenvalue weighted by molar-refractivity contribution is 0.709. The standard InChI is InChI=1S/C15H15Cl3N2/c1-19-14-8-5-3-2-4-6-11(8)20-15-10(17)7-9(16)13(18)12(14)15/h7H,2-6H2,1H3,(H,19,20). The third-order valence-electron chi connectivity index (χ3n) is 3.88. The smallest absolute Gasteiger partial charge is 0.0928 e. The number of anilines is 1. The maximum Gasteiger partial charge on any atom is 0.0928 e. The zero-order chi connectivity index (χ0) is 14.3. The molecule has 0 saturated carbocycles. The molecule has 0 atom stereocenters. The van der Waals surface area contributed by atoms with Crippen molar-refractivity contribution < 1.29 is 0 Å². The molecule has 1 aliphatic rings. The molecule has 5 heteroatoms. The molecule has 1 aromatic carbocycles. The number of aryl methyl sites for hydroxylation is 1. The van der Waals surface area contributed by atoms with Gasteiger partial charge in [-0.2, -0.15) is 0 Å². The number of aromatic nitrogens is 1. The normalized spacial score (nSPS) is 15.0. The predicted octanol–water partition coefficient (Wildman–Crippen LogP) is 5.51. The van der Waals surface area contributed by atoms with E-state index in [1.807, 2.05) is 7.05 Å². The van der Waals surface area contributed by atoms with Gasteiger partial charge in [0, 0.05) is 23.8 Å². The first kappa shape index (κ1) is 14.2. The molecule has 0 radical (unpaired) electrons. The third kappa shape index (κ3) is 2.24. The van der Waals surface area contributed by atoms with Crippen LogP contribution in [0.2, 0.25) is 15.1 Å². The van der Waals surface area contributed by atoms with Gasteiger partial charge in [0.15, 0.2) is 0 Å². The van der Waals surface area contributed by atoms with E-state index >= 15 is 0 Å². The first-order chi connectivity index (χ1) is 9.63. The van der Waals surface area contributed by atoms with Crippen molar-refractivity contribution in [1.29, 1.82) is 0 Å². The van der Waals surface area contributed by atoms with Crippen molar-refractivity contribution in [3.8, 4) is 0 Å². The molecule has 0 spiro atoms. The quantitative estimate of drug-likeness (QED) is 0.551. The van der Waals surface area contributed by atoms with Gasteiger partial charge in [-0.05, 0) is 37.3 Å². The van der Waals surface area contributed by atoms with Crippen molar-refractivity contribution in [3.63, 3.8) is 0 Å². The number of halogens is 3. The molecule has 0 aliphatic heterocycles. The van der Waals surface area contributed by atoms with Crippen LogP contribution in [0.3, 0.4) is 0 Å². The van der Waals surface area contributed by atoms with Crippen molar-refractivity contribution in [2.45, 2.75) is 32.1 Å². The van der Waals surface area contributed by atoms with Gasteiger partial charge in [-0.25, -0.2) is 0 Å². The molecule has 20 heavy (non-hydrogen) atoms. The highest BCUT2D eigenvalue weighted by Crippen LogP contribution is 2.42. The molecule has 1 aliphatic carbocycles. The number of fused-ring (bicyclic) bond motifs is 2. The maximum absolute atomic E-state index is 6.39. The van der Waals surface area contributed by atoms with Crippen LogP contribution in [-0.2, 0) is 12.8 Å². The Kier molecular flexibility index (Phi) is 3.98. The second kappa shape index (κ2) is 5.59. The molecule has 1 aromatic heterocycles. The van der Waals surface area contributed by atoms with Gasteiger partial charge in [0.1, 0.15) is 0 Å². The van der Waals surface area contributed by atoms with Crippen molar-refractivity contribution >= 4 is 51.4 Å². The fourth-order valence-corrected chi connectivity index (χ4v) is 3.69. The van der Waals surface area contributed by atoms with E-state index in [-0.39, 0.29) is 0 Å². The SMILES string of the molecule is CNc1c2c(nc3c(Cl)cc(Cl)c(Cl)c13)CCCCC2. The number of nitrogens with zero attached hydrogens (tertiary/aromatic N) is 1. The Bertz CT molecular complexity index is 683. The Morgan fingerprint density at radius 1 is 1.05 bits per heavy atom. The molecule has 1 heterocycles. The Labute approximate surface area is 133 Å². The average molecular weight is 330 g/mol. The number of nitrogens with one attached hydrogen (secondary N) is 1. The minimum absolute atomic E-state index is 0.469. The number of benzene rings is 1. The molecule has 0 unspecified atom stereocenters. The summed E-state index contributed by atoms with van der Waals surface area (Å²) in [5.41, 5.74) is 4.17. The van der Waals surface area contributed by atoms with Crippen LogP contribution in [0.5, 0.6) is 0 Å². The first-order valence-electron chi connectivity index (χ1n) is 6.80. The fourth-order valence-electron chi connectivity index (χ4n) is 2.94. The van der Waals surface area contributed by atoms with Gasteiger partial charge in [0.05, 0.1) is 20.6 Å². The summed E-state index contributed by atoms with van der Waals surface area (Å²) < 4.78 is 0. The zero-order valence-corrected chi connectivity index (χ0v) is 13.5. The van der Waals surface area contributed by atoms with E-state index in [2.05, 4.69) is 5.32 Å². The highest BCUT2D eigenvalue weighted by molar-refractivity contribution is 6.48. The molecule has 0 fully saturated rings.